The molecule has 226 valence electrons. The number of H-pyrrole nitrogens is 1. The Morgan fingerprint density at radius 2 is 1.88 bits per heavy atom. The van der Waals surface area contributed by atoms with Gasteiger partial charge >= 0.3 is 0 Å². The molecule has 0 radical (unpaired) electrons. The summed E-state index contributed by atoms with van der Waals surface area (Å²) < 4.78 is 13.9. The topological polar surface area (TPSA) is 78.1 Å². The lowest BCUT2D eigenvalue weighted by Gasteiger charge is -2.34. The monoisotopic (exact) mass is 600 g/mol. The van der Waals surface area contributed by atoms with Crippen molar-refractivity contribution < 1.29 is 9.18 Å². The SMILES string of the molecule is CC(C)(C)C1CCc2nc3sc(C(=O)N[C@H](CCN4CCCCC4)c4ccc(-c5c[nH]c(=O)c(F)c5)cc4)cc3cc2C1. The van der Waals surface area contributed by atoms with E-state index in [2.05, 4.69) is 42.0 Å². The van der Waals surface area contributed by atoms with Crippen molar-refractivity contribution in [3.63, 3.8) is 0 Å². The van der Waals surface area contributed by atoms with Crippen LogP contribution in [0.4, 0.5) is 4.39 Å². The van der Waals surface area contributed by atoms with Crippen LogP contribution >= 0.6 is 11.3 Å². The van der Waals surface area contributed by atoms with Gasteiger partial charge < -0.3 is 15.2 Å². The van der Waals surface area contributed by atoms with E-state index in [4.69, 9.17) is 4.98 Å². The summed E-state index contributed by atoms with van der Waals surface area (Å²) in [5, 5.41) is 4.38. The maximum absolute atomic E-state index is 13.9. The highest BCUT2D eigenvalue weighted by atomic mass is 32.1. The van der Waals surface area contributed by atoms with Gasteiger partial charge in [-0.3, -0.25) is 9.59 Å². The molecular weight excluding hydrogens is 559 g/mol. The van der Waals surface area contributed by atoms with E-state index in [1.54, 1.807) is 0 Å². The highest BCUT2D eigenvalue weighted by molar-refractivity contribution is 7.20. The van der Waals surface area contributed by atoms with Gasteiger partial charge in [0.05, 0.1) is 10.9 Å². The van der Waals surface area contributed by atoms with Gasteiger partial charge in [-0.15, -0.1) is 11.3 Å². The molecule has 1 aliphatic heterocycles. The molecule has 2 N–H and O–H groups in total. The van der Waals surface area contributed by atoms with Crippen LogP contribution in [-0.2, 0) is 12.8 Å². The Morgan fingerprint density at radius 3 is 2.60 bits per heavy atom. The van der Waals surface area contributed by atoms with Crippen molar-refractivity contribution in [3.05, 3.63) is 86.5 Å². The van der Waals surface area contributed by atoms with Crippen LogP contribution in [0.2, 0.25) is 0 Å². The van der Waals surface area contributed by atoms with Crippen molar-refractivity contribution in [1.29, 1.82) is 0 Å². The second-order valence-electron chi connectivity index (χ2n) is 13.3. The molecule has 4 heterocycles. The third-order valence-electron chi connectivity index (χ3n) is 9.31. The summed E-state index contributed by atoms with van der Waals surface area (Å²) in [5.41, 5.74) is 4.45. The number of rotatable bonds is 7. The molecule has 6 nitrogen and oxygen atoms in total. The third kappa shape index (κ3) is 6.75. The number of carbonyl (C=O) groups is 1. The average molecular weight is 601 g/mol. The highest BCUT2D eigenvalue weighted by Crippen LogP contribution is 2.38. The number of hydrogen-bond donors (Lipinski definition) is 2. The fourth-order valence-corrected chi connectivity index (χ4v) is 7.49. The number of carbonyl (C=O) groups excluding carboxylic acids is 1. The normalized spacial score (nSPS) is 18.4. The molecule has 1 aromatic carbocycles. The van der Waals surface area contributed by atoms with Crippen LogP contribution in [0.5, 0.6) is 0 Å². The Hall–Kier alpha value is -3.36. The van der Waals surface area contributed by atoms with Crippen molar-refractivity contribution in [2.45, 2.75) is 71.8 Å². The van der Waals surface area contributed by atoms with Gasteiger partial charge in [0.15, 0.2) is 5.82 Å². The molecule has 1 saturated heterocycles. The maximum Gasteiger partial charge on any atom is 0.283 e. The lowest BCUT2D eigenvalue weighted by Crippen LogP contribution is -2.35. The fraction of sp³-hybridized carbons (Fsp3) is 0.457. The van der Waals surface area contributed by atoms with Crippen molar-refractivity contribution in [1.82, 2.24) is 20.2 Å². The summed E-state index contributed by atoms with van der Waals surface area (Å²) in [6, 6.07) is 13.2. The molecule has 0 spiro atoms. The second-order valence-corrected chi connectivity index (χ2v) is 14.3. The van der Waals surface area contributed by atoms with Crippen LogP contribution in [0.3, 0.4) is 0 Å². The summed E-state index contributed by atoms with van der Waals surface area (Å²) in [6.45, 7) is 10.1. The minimum Gasteiger partial charge on any atom is -0.344 e. The van der Waals surface area contributed by atoms with Gasteiger partial charge in [0.25, 0.3) is 11.5 Å². The lowest BCUT2D eigenvalue weighted by molar-refractivity contribution is 0.0934. The predicted molar refractivity (Wildman–Crippen MR) is 172 cm³/mol. The van der Waals surface area contributed by atoms with Crippen LogP contribution in [0.1, 0.15) is 85.4 Å². The number of aromatic nitrogens is 2. The number of aryl methyl sites for hydroxylation is 1. The number of pyridine rings is 2. The molecule has 6 rings (SSSR count). The van der Waals surface area contributed by atoms with E-state index >= 15 is 0 Å². The Bertz CT molecular complexity index is 1660. The number of likely N-dealkylation sites (tertiary alicyclic amines) is 1. The minimum atomic E-state index is -0.805. The van der Waals surface area contributed by atoms with Crippen molar-refractivity contribution >= 4 is 27.5 Å². The predicted octanol–water partition coefficient (Wildman–Crippen LogP) is 7.29. The number of nitrogens with zero attached hydrogens (tertiary/aromatic N) is 2. The molecule has 0 bridgehead atoms. The zero-order valence-electron chi connectivity index (χ0n) is 25.3. The molecular formula is C35H41FN4O2S. The van der Waals surface area contributed by atoms with Crippen molar-refractivity contribution in [2.24, 2.45) is 11.3 Å². The highest BCUT2D eigenvalue weighted by Gasteiger charge is 2.30. The Labute approximate surface area is 256 Å². The molecule has 2 aliphatic rings. The van der Waals surface area contributed by atoms with Gasteiger partial charge in [-0.05, 0) is 97.8 Å². The van der Waals surface area contributed by atoms with Crippen LogP contribution in [0, 0.1) is 17.2 Å². The van der Waals surface area contributed by atoms with E-state index < -0.39 is 11.4 Å². The number of hydrogen-bond acceptors (Lipinski definition) is 5. The molecule has 1 aliphatic carbocycles. The molecule has 8 heteroatoms. The lowest BCUT2D eigenvalue weighted by atomic mass is 9.71. The second kappa shape index (κ2) is 12.3. The molecule has 1 unspecified atom stereocenters. The number of piperidine rings is 1. The first kappa shape index (κ1) is 29.7. The summed E-state index contributed by atoms with van der Waals surface area (Å²) in [6.07, 6.45) is 9.22. The zero-order chi connectivity index (χ0) is 30.1. The van der Waals surface area contributed by atoms with E-state index in [1.807, 2.05) is 30.3 Å². The first-order valence-corrected chi connectivity index (χ1v) is 16.4. The average Bonchev–Trinajstić information content (AvgIpc) is 3.42. The van der Waals surface area contributed by atoms with Gasteiger partial charge in [-0.25, -0.2) is 9.37 Å². The quantitative estimate of drug-likeness (QED) is 0.234. The molecule has 1 fully saturated rings. The van der Waals surface area contributed by atoms with E-state index in [0.29, 0.717) is 16.4 Å². The summed E-state index contributed by atoms with van der Waals surface area (Å²) in [7, 11) is 0. The van der Waals surface area contributed by atoms with Gasteiger partial charge in [-0.2, -0.15) is 0 Å². The van der Waals surface area contributed by atoms with Gasteiger partial charge in [-0.1, -0.05) is 51.5 Å². The third-order valence-corrected chi connectivity index (χ3v) is 10.4. The van der Waals surface area contributed by atoms with Crippen molar-refractivity contribution in [2.75, 3.05) is 19.6 Å². The Kier molecular flexibility index (Phi) is 8.51. The number of benzene rings is 1. The van der Waals surface area contributed by atoms with Gasteiger partial charge in [0.2, 0.25) is 0 Å². The maximum atomic E-state index is 13.9. The molecule has 0 saturated carbocycles. The number of halogens is 1. The number of fused-ring (bicyclic) bond motifs is 2. The van der Waals surface area contributed by atoms with E-state index in [1.165, 1.54) is 54.1 Å². The largest absolute Gasteiger partial charge is 0.344 e. The van der Waals surface area contributed by atoms with Gasteiger partial charge in [0, 0.05) is 29.4 Å². The standard InChI is InChI=1S/C35H41FN4O2S/c1-35(2,3)27-11-12-29-24(18-27)17-25-20-31(43-34(25)39-29)33(42)38-30(13-16-40-14-5-4-6-15-40)23-9-7-22(8-10-23)26-19-28(36)32(41)37-21-26/h7-10,17,19-21,27,30H,4-6,11-16,18H2,1-3H3,(H,37,41)(H,38,42)/t27?,30-/m1/s1. The van der Waals surface area contributed by atoms with Crippen LogP contribution in [0.15, 0.2) is 53.5 Å². The van der Waals surface area contributed by atoms with Gasteiger partial charge in [0.1, 0.15) is 4.83 Å². The van der Waals surface area contributed by atoms with E-state index in [-0.39, 0.29) is 17.4 Å². The van der Waals surface area contributed by atoms with Crippen LogP contribution < -0.4 is 10.9 Å². The molecule has 1 amide bonds. The summed E-state index contributed by atoms with van der Waals surface area (Å²) >= 11 is 1.47. The van der Waals surface area contributed by atoms with E-state index in [9.17, 15) is 14.0 Å². The molecule has 4 aromatic rings. The van der Waals surface area contributed by atoms with Crippen LogP contribution in [-0.4, -0.2) is 40.4 Å². The number of nitrogens with one attached hydrogen (secondary N) is 2. The Morgan fingerprint density at radius 1 is 1.12 bits per heavy atom. The first-order valence-electron chi connectivity index (χ1n) is 15.6. The zero-order valence-corrected chi connectivity index (χ0v) is 26.2. The van der Waals surface area contributed by atoms with E-state index in [0.717, 1.165) is 66.7 Å². The molecule has 3 aromatic heterocycles. The fourth-order valence-electron chi connectivity index (χ4n) is 6.55. The number of aromatic amines is 1. The number of thiophene rings is 1. The first-order chi connectivity index (χ1) is 20.6. The summed E-state index contributed by atoms with van der Waals surface area (Å²) in [4.78, 5) is 36.7. The van der Waals surface area contributed by atoms with Crippen LogP contribution in [0.25, 0.3) is 21.3 Å². The van der Waals surface area contributed by atoms with Crippen molar-refractivity contribution in [3.8, 4) is 11.1 Å². The smallest absolute Gasteiger partial charge is 0.283 e. The number of amides is 1. The minimum absolute atomic E-state index is 0.0797. The summed E-state index contributed by atoms with van der Waals surface area (Å²) in [5.74, 6) is -0.249. The molecule has 43 heavy (non-hydrogen) atoms. The Balaban J connectivity index is 1.22. The molecule has 2 atom stereocenters.